The summed E-state index contributed by atoms with van der Waals surface area (Å²) < 4.78 is 24.9. The second-order valence-corrected chi connectivity index (χ2v) is 6.70. The lowest BCUT2D eigenvalue weighted by atomic mass is 10.1. The van der Waals surface area contributed by atoms with E-state index in [1.54, 1.807) is 6.07 Å². The Balaban J connectivity index is 1.64. The lowest BCUT2D eigenvalue weighted by molar-refractivity contribution is -0.121. The molecule has 0 radical (unpaired) electrons. The summed E-state index contributed by atoms with van der Waals surface area (Å²) in [5.41, 5.74) is 0.846. The number of hydrogen-bond donors (Lipinski definition) is 2. The Kier molecular flexibility index (Phi) is 8.67. The molecule has 1 heterocycles. The van der Waals surface area contributed by atoms with Gasteiger partial charge in [0.15, 0.2) is 0 Å². The SMILES string of the molecule is C=C(CCNC(=O)CCCc1cccc(Cl)c1)NC(=O)c1cnc(C(F)F)cn1. The molecule has 1 aromatic heterocycles. The van der Waals surface area contributed by atoms with Crippen LogP contribution in [0.25, 0.3) is 0 Å². The van der Waals surface area contributed by atoms with Crippen LogP contribution in [0.5, 0.6) is 0 Å². The van der Waals surface area contributed by atoms with E-state index >= 15 is 0 Å². The average molecular weight is 423 g/mol. The molecule has 1 aromatic carbocycles. The number of hydrogen-bond acceptors (Lipinski definition) is 4. The minimum Gasteiger partial charge on any atom is -0.356 e. The lowest BCUT2D eigenvalue weighted by Crippen LogP contribution is -2.28. The van der Waals surface area contributed by atoms with Gasteiger partial charge in [-0.1, -0.05) is 30.3 Å². The van der Waals surface area contributed by atoms with Crippen molar-refractivity contribution in [1.82, 2.24) is 20.6 Å². The number of aryl methyl sites for hydroxylation is 1. The van der Waals surface area contributed by atoms with Gasteiger partial charge in [0.25, 0.3) is 12.3 Å². The minimum absolute atomic E-state index is 0.0967. The zero-order valence-corrected chi connectivity index (χ0v) is 16.4. The number of nitrogens with zero attached hydrogens (tertiary/aromatic N) is 2. The van der Waals surface area contributed by atoms with Gasteiger partial charge in [-0.15, -0.1) is 0 Å². The quantitative estimate of drug-likeness (QED) is 0.609. The number of alkyl halides is 2. The molecule has 0 unspecified atom stereocenters. The highest BCUT2D eigenvalue weighted by Crippen LogP contribution is 2.14. The first-order chi connectivity index (χ1) is 13.8. The molecular formula is C20H21ClF2N4O2. The second kappa shape index (κ2) is 11.2. The molecule has 2 amide bonds. The topological polar surface area (TPSA) is 84.0 Å². The molecule has 29 heavy (non-hydrogen) atoms. The van der Waals surface area contributed by atoms with Gasteiger partial charge in [0, 0.05) is 30.1 Å². The van der Waals surface area contributed by atoms with Gasteiger partial charge in [-0.2, -0.15) is 0 Å². The van der Waals surface area contributed by atoms with E-state index in [0.717, 1.165) is 24.4 Å². The normalized spacial score (nSPS) is 10.6. The molecule has 2 N–H and O–H groups in total. The Morgan fingerprint density at radius 3 is 2.62 bits per heavy atom. The molecule has 0 bridgehead atoms. The molecular weight excluding hydrogens is 402 g/mol. The fraction of sp³-hybridized carbons (Fsp3) is 0.300. The molecule has 0 spiro atoms. The Morgan fingerprint density at radius 2 is 1.97 bits per heavy atom. The van der Waals surface area contributed by atoms with E-state index < -0.39 is 18.0 Å². The third-order valence-electron chi connectivity index (χ3n) is 3.93. The van der Waals surface area contributed by atoms with E-state index in [-0.39, 0.29) is 11.6 Å². The van der Waals surface area contributed by atoms with Crippen molar-refractivity contribution in [2.24, 2.45) is 0 Å². The maximum Gasteiger partial charge on any atom is 0.281 e. The molecule has 0 fully saturated rings. The van der Waals surface area contributed by atoms with Gasteiger partial charge in [0.2, 0.25) is 5.91 Å². The summed E-state index contributed by atoms with van der Waals surface area (Å²) in [5, 5.41) is 5.93. The van der Waals surface area contributed by atoms with Crippen molar-refractivity contribution in [1.29, 1.82) is 0 Å². The van der Waals surface area contributed by atoms with Crippen LogP contribution in [0.1, 0.15) is 47.4 Å². The van der Waals surface area contributed by atoms with E-state index in [1.807, 2.05) is 18.2 Å². The van der Waals surface area contributed by atoms with Crippen molar-refractivity contribution >= 4 is 23.4 Å². The van der Waals surface area contributed by atoms with Gasteiger partial charge in [-0.05, 0) is 30.5 Å². The van der Waals surface area contributed by atoms with E-state index in [9.17, 15) is 18.4 Å². The zero-order chi connectivity index (χ0) is 21.2. The predicted octanol–water partition coefficient (Wildman–Crippen LogP) is 3.84. The zero-order valence-electron chi connectivity index (χ0n) is 15.6. The van der Waals surface area contributed by atoms with Gasteiger partial charge < -0.3 is 10.6 Å². The Hall–Kier alpha value is -2.87. The number of benzene rings is 1. The molecule has 0 aliphatic rings. The van der Waals surface area contributed by atoms with Crippen molar-refractivity contribution < 1.29 is 18.4 Å². The first-order valence-corrected chi connectivity index (χ1v) is 9.33. The standard InChI is InChI=1S/C20H21ClF2N4O2/c1-13(27-20(29)17-12-25-16(11-26-17)19(22)23)8-9-24-18(28)7-3-5-14-4-2-6-15(21)10-14/h2,4,6,10-12,19H,1,3,5,7-9H2,(H,24,28)(H,27,29). The minimum atomic E-state index is -2.75. The molecule has 2 rings (SSSR count). The van der Waals surface area contributed by atoms with Gasteiger partial charge >= 0.3 is 0 Å². The largest absolute Gasteiger partial charge is 0.356 e. The molecule has 6 nitrogen and oxygen atoms in total. The highest BCUT2D eigenvalue weighted by molar-refractivity contribution is 6.30. The van der Waals surface area contributed by atoms with E-state index in [4.69, 9.17) is 11.6 Å². The number of halogens is 3. The Morgan fingerprint density at radius 1 is 1.17 bits per heavy atom. The van der Waals surface area contributed by atoms with Gasteiger partial charge in [-0.25, -0.2) is 13.8 Å². The third kappa shape index (κ3) is 7.95. The summed E-state index contributed by atoms with van der Waals surface area (Å²) in [4.78, 5) is 31.0. The van der Waals surface area contributed by atoms with Crippen molar-refractivity contribution in [2.75, 3.05) is 6.54 Å². The number of amides is 2. The lowest BCUT2D eigenvalue weighted by Gasteiger charge is -2.09. The average Bonchev–Trinajstić information content (AvgIpc) is 2.68. The van der Waals surface area contributed by atoms with Crippen LogP contribution in [-0.4, -0.2) is 28.3 Å². The number of rotatable bonds is 10. The van der Waals surface area contributed by atoms with Gasteiger partial charge in [-0.3, -0.25) is 14.6 Å². The highest BCUT2D eigenvalue weighted by Gasteiger charge is 2.13. The summed E-state index contributed by atoms with van der Waals surface area (Å²) in [7, 11) is 0. The van der Waals surface area contributed by atoms with Crippen LogP contribution < -0.4 is 10.6 Å². The summed E-state index contributed by atoms with van der Waals surface area (Å²) in [6.07, 6.45) is 1.23. The smallest absolute Gasteiger partial charge is 0.281 e. The second-order valence-electron chi connectivity index (χ2n) is 6.27. The molecule has 0 aliphatic heterocycles. The molecule has 2 aromatic rings. The molecule has 0 atom stereocenters. The summed E-state index contributed by atoms with van der Waals surface area (Å²) in [6, 6.07) is 7.50. The molecule has 0 saturated carbocycles. The van der Waals surface area contributed by atoms with E-state index in [0.29, 0.717) is 36.5 Å². The van der Waals surface area contributed by atoms with Crippen LogP contribution >= 0.6 is 11.6 Å². The number of carbonyl (C=O) groups excluding carboxylic acids is 2. The van der Waals surface area contributed by atoms with Crippen LogP contribution in [0.15, 0.2) is 48.9 Å². The maximum atomic E-state index is 12.4. The third-order valence-corrected chi connectivity index (χ3v) is 4.16. The van der Waals surface area contributed by atoms with Gasteiger partial charge in [0.1, 0.15) is 11.4 Å². The molecule has 154 valence electrons. The fourth-order valence-corrected chi connectivity index (χ4v) is 2.65. The summed E-state index contributed by atoms with van der Waals surface area (Å²) in [6.45, 7) is 4.02. The Labute approximate surface area is 172 Å². The highest BCUT2D eigenvalue weighted by atomic mass is 35.5. The first-order valence-electron chi connectivity index (χ1n) is 8.95. The monoisotopic (exact) mass is 422 g/mol. The number of aromatic nitrogens is 2. The molecule has 9 heteroatoms. The van der Waals surface area contributed by atoms with Crippen molar-refractivity contribution in [3.63, 3.8) is 0 Å². The van der Waals surface area contributed by atoms with Gasteiger partial charge in [0.05, 0.1) is 12.4 Å². The maximum absolute atomic E-state index is 12.4. The van der Waals surface area contributed by atoms with Crippen LogP contribution in [0, 0.1) is 0 Å². The van der Waals surface area contributed by atoms with Crippen LogP contribution in [0.4, 0.5) is 8.78 Å². The van der Waals surface area contributed by atoms with Crippen LogP contribution in [0.3, 0.4) is 0 Å². The van der Waals surface area contributed by atoms with Crippen molar-refractivity contribution in [3.8, 4) is 0 Å². The van der Waals surface area contributed by atoms with E-state index in [1.165, 1.54) is 0 Å². The Bertz CT molecular complexity index is 860. The van der Waals surface area contributed by atoms with Crippen LogP contribution in [0.2, 0.25) is 5.02 Å². The van der Waals surface area contributed by atoms with Crippen LogP contribution in [-0.2, 0) is 11.2 Å². The fourth-order valence-electron chi connectivity index (χ4n) is 2.44. The summed E-state index contributed by atoms with van der Waals surface area (Å²) in [5.74, 6) is -0.698. The number of nitrogens with one attached hydrogen (secondary N) is 2. The summed E-state index contributed by atoms with van der Waals surface area (Å²) >= 11 is 5.92. The van der Waals surface area contributed by atoms with E-state index in [2.05, 4.69) is 27.2 Å². The van der Waals surface area contributed by atoms with Crippen molar-refractivity contribution in [3.05, 3.63) is 70.9 Å². The molecule has 0 aliphatic carbocycles. The predicted molar refractivity (Wildman–Crippen MR) is 106 cm³/mol. The van der Waals surface area contributed by atoms with Crippen molar-refractivity contribution in [2.45, 2.75) is 32.1 Å². The number of carbonyl (C=O) groups is 2. The molecule has 0 saturated heterocycles. The first kappa shape index (κ1) is 22.4.